The van der Waals surface area contributed by atoms with E-state index in [4.69, 9.17) is 12.2 Å². The highest BCUT2D eigenvalue weighted by atomic mass is 32.1. The molecule has 1 fully saturated rings. The lowest BCUT2D eigenvalue weighted by Crippen LogP contribution is -2.54. The molecule has 1 heterocycles. The van der Waals surface area contributed by atoms with Gasteiger partial charge in [0, 0.05) is 6.42 Å². The summed E-state index contributed by atoms with van der Waals surface area (Å²) in [4.78, 5) is 22.1. The number of hydrogen-bond acceptors (Lipinski definition) is 4. The number of nitrogens with one attached hydrogen (secondary N) is 2. The van der Waals surface area contributed by atoms with Crippen molar-refractivity contribution < 1.29 is 14.3 Å². The summed E-state index contributed by atoms with van der Waals surface area (Å²) in [5, 5.41) is 4.75. The Morgan fingerprint density at radius 1 is 1.75 bits per heavy atom. The molecule has 5 nitrogen and oxygen atoms in total. The van der Waals surface area contributed by atoms with Crippen LogP contribution in [0.15, 0.2) is 0 Å². The maximum atomic E-state index is 10.9. The molecule has 0 radical (unpaired) electrons. The van der Waals surface area contributed by atoms with Crippen molar-refractivity contribution in [2.45, 2.75) is 12.5 Å². The van der Waals surface area contributed by atoms with E-state index in [2.05, 4.69) is 15.4 Å². The van der Waals surface area contributed by atoms with Crippen molar-refractivity contribution in [2.75, 3.05) is 7.11 Å². The first-order valence-electron chi connectivity index (χ1n) is 3.31. The molecule has 2 N–H and O–H groups in total. The molecule has 0 aliphatic carbocycles. The van der Waals surface area contributed by atoms with Gasteiger partial charge in [0.2, 0.25) is 0 Å². The van der Waals surface area contributed by atoms with Crippen LogP contribution >= 0.6 is 12.2 Å². The zero-order valence-electron chi connectivity index (χ0n) is 6.42. The van der Waals surface area contributed by atoms with Crippen molar-refractivity contribution in [3.05, 3.63) is 0 Å². The van der Waals surface area contributed by atoms with Crippen LogP contribution < -0.4 is 10.6 Å². The van der Waals surface area contributed by atoms with Crippen LogP contribution in [0.25, 0.3) is 0 Å². The fourth-order valence-corrected chi connectivity index (χ4v) is 1.15. The predicted molar refractivity (Wildman–Crippen MR) is 44.7 cm³/mol. The summed E-state index contributed by atoms with van der Waals surface area (Å²) in [6, 6.07) is -1.10. The number of carbonyl (C=O) groups excluding carboxylic acids is 2. The monoisotopic (exact) mass is 188 g/mol. The second-order valence-corrected chi connectivity index (χ2v) is 2.79. The predicted octanol–water partition coefficient (Wildman–Crippen LogP) is -0.442. The number of carbonyl (C=O) groups is 2. The number of methoxy groups -OCH3 is 1. The molecule has 0 saturated carbocycles. The first-order chi connectivity index (χ1) is 5.63. The summed E-state index contributed by atoms with van der Waals surface area (Å²) in [6.07, 6.45) is 0.299. The quantitative estimate of drug-likeness (QED) is 0.432. The molecule has 1 rings (SSSR count). The summed E-state index contributed by atoms with van der Waals surface area (Å²) < 4.78 is 4.45. The van der Waals surface area contributed by atoms with Crippen LogP contribution in [0, 0.1) is 0 Å². The van der Waals surface area contributed by atoms with E-state index >= 15 is 0 Å². The minimum absolute atomic E-state index is 0.299. The zero-order valence-corrected chi connectivity index (χ0v) is 7.23. The molecule has 2 amide bonds. The van der Waals surface area contributed by atoms with Crippen molar-refractivity contribution in [3.63, 3.8) is 0 Å². The normalized spacial score (nSPS) is 22.6. The van der Waals surface area contributed by atoms with Crippen LogP contribution in [0.2, 0.25) is 0 Å². The zero-order chi connectivity index (χ0) is 9.14. The fraction of sp³-hybridized carbons (Fsp3) is 0.500. The first-order valence-corrected chi connectivity index (χ1v) is 3.72. The SMILES string of the molecule is COC(=O)C1CC(=S)NC(=O)N1. The molecular formula is C6H8N2O3S. The Morgan fingerprint density at radius 3 is 2.92 bits per heavy atom. The van der Waals surface area contributed by atoms with Crippen LogP contribution in [0.5, 0.6) is 0 Å². The Bertz CT molecular complexity index is 225. The molecule has 0 aromatic carbocycles. The molecule has 0 aromatic heterocycles. The Balaban J connectivity index is 2.61. The molecule has 1 atom stereocenters. The number of amides is 2. The van der Waals surface area contributed by atoms with Crippen LogP contribution in [0.4, 0.5) is 4.79 Å². The van der Waals surface area contributed by atoms with E-state index in [-0.39, 0.29) is 0 Å². The van der Waals surface area contributed by atoms with Crippen LogP contribution in [-0.2, 0) is 9.53 Å². The lowest BCUT2D eigenvalue weighted by Gasteiger charge is -2.22. The second kappa shape index (κ2) is 3.48. The van der Waals surface area contributed by atoms with Gasteiger partial charge < -0.3 is 15.4 Å². The van der Waals surface area contributed by atoms with Gasteiger partial charge in [0.05, 0.1) is 12.1 Å². The van der Waals surface area contributed by atoms with E-state index in [1.54, 1.807) is 0 Å². The van der Waals surface area contributed by atoms with Crippen LogP contribution in [0.1, 0.15) is 6.42 Å². The van der Waals surface area contributed by atoms with Gasteiger partial charge in [-0.2, -0.15) is 0 Å². The third-order valence-electron chi connectivity index (χ3n) is 1.43. The molecule has 0 bridgehead atoms. The molecule has 6 heteroatoms. The van der Waals surface area contributed by atoms with E-state index in [1.165, 1.54) is 7.11 Å². The van der Waals surface area contributed by atoms with E-state index in [1.807, 2.05) is 0 Å². The Hall–Kier alpha value is -1.17. The van der Waals surface area contributed by atoms with E-state index in [0.29, 0.717) is 11.4 Å². The van der Waals surface area contributed by atoms with Crippen molar-refractivity contribution in [3.8, 4) is 0 Å². The maximum Gasteiger partial charge on any atom is 0.328 e. The summed E-state index contributed by atoms with van der Waals surface area (Å²) in [5.74, 6) is -0.479. The van der Waals surface area contributed by atoms with Crippen LogP contribution in [-0.4, -0.2) is 30.1 Å². The summed E-state index contributed by atoms with van der Waals surface area (Å²) in [5.41, 5.74) is 0. The number of esters is 1. The molecule has 66 valence electrons. The highest BCUT2D eigenvalue weighted by Gasteiger charge is 2.27. The van der Waals surface area contributed by atoms with Crippen molar-refractivity contribution in [2.24, 2.45) is 0 Å². The van der Waals surface area contributed by atoms with Crippen LogP contribution in [0.3, 0.4) is 0 Å². The van der Waals surface area contributed by atoms with E-state index < -0.39 is 18.0 Å². The smallest absolute Gasteiger partial charge is 0.328 e. The van der Waals surface area contributed by atoms with Gasteiger partial charge >= 0.3 is 12.0 Å². The minimum atomic E-state index is -0.642. The lowest BCUT2D eigenvalue weighted by atomic mass is 10.2. The summed E-state index contributed by atoms with van der Waals surface area (Å²) in [6.45, 7) is 0. The van der Waals surface area contributed by atoms with Gasteiger partial charge in [-0.25, -0.2) is 9.59 Å². The fourth-order valence-electron chi connectivity index (χ4n) is 0.893. The largest absolute Gasteiger partial charge is 0.467 e. The van der Waals surface area contributed by atoms with Crippen molar-refractivity contribution in [1.29, 1.82) is 0 Å². The highest BCUT2D eigenvalue weighted by Crippen LogP contribution is 2.01. The third-order valence-corrected chi connectivity index (χ3v) is 1.70. The van der Waals surface area contributed by atoms with Gasteiger partial charge in [0.15, 0.2) is 0 Å². The van der Waals surface area contributed by atoms with Gasteiger partial charge in [-0.3, -0.25) is 0 Å². The average molecular weight is 188 g/mol. The van der Waals surface area contributed by atoms with Gasteiger partial charge in [0.1, 0.15) is 6.04 Å². The summed E-state index contributed by atoms with van der Waals surface area (Å²) >= 11 is 4.75. The average Bonchev–Trinajstić information content (AvgIpc) is 2.01. The molecule has 0 aromatic rings. The molecule has 12 heavy (non-hydrogen) atoms. The molecule has 1 aliphatic rings. The second-order valence-electron chi connectivity index (χ2n) is 2.30. The summed E-state index contributed by atoms with van der Waals surface area (Å²) in [7, 11) is 1.26. The first kappa shape index (κ1) is 8.92. The molecule has 1 unspecified atom stereocenters. The lowest BCUT2D eigenvalue weighted by molar-refractivity contribution is -0.142. The third kappa shape index (κ3) is 1.91. The highest BCUT2D eigenvalue weighted by molar-refractivity contribution is 7.80. The Morgan fingerprint density at radius 2 is 2.42 bits per heavy atom. The Labute approximate surface area is 74.5 Å². The van der Waals surface area contributed by atoms with Gasteiger partial charge in [-0.1, -0.05) is 12.2 Å². The van der Waals surface area contributed by atoms with Gasteiger partial charge in [0.25, 0.3) is 0 Å². The molecule has 0 spiro atoms. The topological polar surface area (TPSA) is 67.4 Å². The number of urea groups is 1. The number of hydrogen-bond donors (Lipinski definition) is 2. The molecule has 1 aliphatic heterocycles. The minimum Gasteiger partial charge on any atom is -0.467 e. The standard InChI is InChI=1S/C6H8N2O3S/c1-11-5(9)3-2-4(12)8-6(10)7-3/h3H,2H2,1H3,(H2,7,8,10,12). The molecule has 1 saturated heterocycles. The van der Waals surface area contributed by atoms with E-state index in [0.717, 1.165) is 0 Å². The van der Waals surface area contributed by atoms with Crippen molar-refractivity contribution in [1.82, 2.24) is 10.6 Å². The van der Waals surface area contributed by atoms with Gasteiger partial charge in [-0.15, -0.1) is 0 Å². The number of ether oxygens (including phenoxy) is 1. The maximum absolute atomic E-state index is 10.9. The van der Waals surface area contributed by atoms with E-state index in [9.17, 15) is 9.59 Å². The number of rotatable bonds is 1. The Kier molecular flexibility index (Phi) is 2.59. The van der Waals surface area contributed by atoms with Crippen molar-refractivity contribution >= 4 is 29.2 Å². The molecular weight excluding hydrogens is 180 g/mol. The van der Waals surface area contributed by atoms with Gasteiger partial charge in [-0.05, 0) is 0 Å². The number of thiocarbonyl (C=S) groups is 1.